The number of carbonyl (C=O) groups is 2. The minimum Gasteiger partial charge on any atom is -0.354 e. The topological polar surface area (TPSA) is 86.8 Å². The number of rotatable bonds is 13. The van der Waals surface area contributed by atoms with Crippen LogP contribution in [0.4, 0.5) is 5.69 Å². The van der Waals surface area contributed by atoms with E-state index in [-0.39, 0.29) is 23.8 Å². The molecule has 0 bridgehead atoms. The molecule has 230 valence electrons. The SMILES string of the molecule is CCCNC(=O)[C@H](Cc1ccccc1)N(Cc1cccc(Cl)c1)C(=O)CN(c1cccc(C)c1)S(=O)(=O)c1ccc(C)cc1. The van der Waals surface area contributed by atoms with Crippen molar-refractivity contribution in [3.63, 3.8) is 0 Å². The normalized spacial score (nSPS) is 11.9. The summed E-state index contributed by atoms with van der Waals surface area (Å²) in [5, 5.41) is 3.44. The van der Waals surface area contributed by atoms with Crippen molar-refractivity contribution in [3.8, 4) is 0 Å². The van der Waals surface area contributed by atoms with Crippen molar-refractivity contribution in [3.05, 3.63) is 130 Å². The molecule has 44 heavy (non-hydrogen) atoms. The van der Waals surface area contributed by atoms with Gasteiger partial charge >= 0.3 is 0 Å². The van der Waals surface area contributed by atoms with E-state index in [1.165, 1.54) is 17.0 Å². The Labute approximate surface area is 265 Å². The highest BCUT2D eigenvalue weighted by Gasteiger charge is 2.34. The van der Waals surface area contributed by atoms with Crippen LogP contribution < -0.4 is 9.62 Å². The average Bonchev–Trinajstić information content (AvgIpc) is 3.01. The summed E-state index contributed by atoms with van der Waals surface area (Å²) in [5.74, 6) is -0.829. The predicted octanol–water partition coefficient (Wildman–Crippen LogP) is 6.32. The molecule has 0 unspecified atom stereocenters. The number of anilines is 1. The van der Waals surface area contributed by atoms with E-state index in [0.29, 0.717) is 17.3 Å². The highest BCUT2D eigenvalue weighted by Crippen LogP contribution is 2.26. The Kier molecular flexibility index (Phi) is 11.2. The van der Waals surface area contributed by atoms with E-state index in [1.54, 1.807) is 48.5 Å². The van der Waals surface area contributed by atoms with Gasteiger partial charge in [-0.3, -0.25) is 13.9 Å². The number of carbonyl (C=O) groups excluding carboxylic acids is 2. The van der Waals surface area contributed by atoms with Gasteiger partial charge in [-0.1, -0.05) is 90.8 Å². The lowest BCUT2D eigenvalue weighted by Crippen LogP contribution is -2.53. The van der Waals surface area contributed by atoms with Gasteiger partial charge in [0, 0.05) is 24.5 Å². The van der Waals surface area contributed by atoms with Crippen molar-refractivity contribution in [2.24, 2.45) is 0 Å². The first kappa shape index (κ1) is 32.8. The lowest BCUT2D eigenvalue weighted by Gasteiger charge is -2.34. The van der Waals surface area contributed by atoms with Crippen LogP contribution in [0.25, 0.3) is 0 Å². The quantitative estimate of drug-likeness (QED) is 0.187. The Balaban J connectivity index is 1.80. The minimum atomic E-state index is -4.15. The Morgan fingerprint density at radius 3 is 2.16 bits per heavy atom. The Hall–Kier alpha value is -4.14. The highest BCUT2D eigenvalue weighted by molar-refractivity contribution is 7.92. The molecule has 9 heteroatoms. The number of hydrogen-bond acceptors (Lipinski definition) is 4. The number of benzene rings is 4. The van der Waals surface area contributed by atoms with Crippen LogP contribution in [0.3, 0.4) is 0 Å². The van der Waals surface area contributed by atoms with Gasteiger partial charge in [0.25, 0.3) is 10.0 Å². The highest BCUT2D eigenvalue weighted by atomic mass is 35.5. The van der Waals surface area contributed by atoms with Gasteiger partial charge in [0.1, 0.15) is 12.6 Å². The molecule has 2 amide bonds. The molecule has 7 nitrogen and oxygen atoms in total. The molecule has 0 aliphatic rings. The second-order valence-corrected chi connectivity index (χ2v) is 13.1. The average molecular weight is 632 g/mol. The minimum absolute atomic E-state index is 0.0582. The molecule has 0 heterocycles. The largest absolute Gasteiger partial charge is 0.354 e. The van der Waals surface area contributed by atoms with Crippen LogP contribution in [0.2, 0.25) is 5.02 Å². The zero-order valence-corrected chi connectivity index (χ0v) is 26.8. The number of halogens is 1. The molecular weight excluding hydrogens is 594 g/mol. The molecule has 0 aliphatic carbocycles. The second-order valence-electron chi connectivity index (χ2n) is 10.8. The monoisotopic (exact) mass is 631 g/mol. The molecule has 0 radical (unpaired) electrons. The number of hydrogen-bond donors (Lipinski definition) is 1. The van der Waals surface area contributed by atoms with E-state index in [0.717, 1.165) is 33.0 Å². The van der Waals surface area contributed by atoms with Crippen molar-refractivity contribution < 1.29 is 18.0 Å². The molecule has 4 rings (SSSR count). The van der Waals surface area contributed by atoms with E-state index in [9.17, 15) is 18.0 Å². The van der Waals surface area contributed by atoms with E-state index in [4.69, 9.17) is 11.6 Å². The standard InChI is InChI=1S/C35H38ClN3O4S/c1-4-20-37-35(41)33(23-28-11-6-5-7-12-28)38(24-29-13-9-14-30(36)22-29)34(40)25-39(31-15-8-10-27(3)21-31)44(42,43)32-18-16-26(2)17-19-32/h5-19,21-22,33H,4,20,23-25H2,1-3H3,(H,37,41)/t33-/m0/s1. The molecule has 0 fully saturated rings. The van der Waals surface area contributed by atoms with E-state index < -0.39 is 28.5 Å². The molecule has 0 saturated heterocycles. The lowest BCUT2D eigenvalue weighted by atomic mass is 10.0. The van der Waals surface area contributed by atoms with Crippen molar-refractivity contribution in [1.82, 2.24) is 10.2 Å². The lowest BCUT2D eigenvalue weighted by molar-refractivity contribution is -0.140. The molecular formula is C35H38ClN3O4S. The van der Waals surface area contributed by atoms with E-state index in [1.807, 2.05) is 63.2 Å². The zero-order valence-electron chi connectivity index (χ0n) is 25.2. The molecule has 0 aromatic heterocycles. The summed E-state index contributed by atoms with van der Waals surface area (Å²) in [6.07, 6.45) is 0.972. The van der Waals surface area contributed by atoms with Crippen molar-refractivity contribution in [1.29, 1.82) is 0 Å². The summed E-state index contributed by atoms with van der Waals surface area (Å²) < 4.78 is 29.3. The third-order valence-corrected chi connectivity index (χ3v) is 9.26. The molecule has 0 saturated carbocycles. The number of amides is 2. The first-order valence-corrected chi connectivity index (χ1v) is 16.4. The molecule has 1 N–H and O–H groups in total. The van der Waals surface area contributed by atoms with Crippen LogP contribution in [0.1, 0.15) is 35.6 Å². The third kappa shape index (κ3) is 8.49. The molecule has 1 atom stereocenters. The summed E-state index contributed by atoms with van der Waals surface area (Å²) in [7, 11) is -4.15. The summed E-state index contributed by atoms with van der Waals surface area (Å²) in [4.78, 5) is 29.7. The molecule has 0 spiro atoms. The van der Waals surface area contributed by atoms with Crippen LogP contribution in [0.5, 0.6) is 0 Å². The van der Waals surface area contributed by atoms with Gasteiger partial charge in [0.2, 0.25) is 11.8 Å². The maximum atomic E-state index is 14.5. The van der Waals surface area contributed by atoms with Gasteiger partial charge in [-0.05, 0) is 73.4 Å². The van der Waals surface area contributed by atoms with Crippen LogP contribution in [0, 0.1) is 13.8 Å². The first-order chi connectivity index (χ1) is 21.1. The maximum absolute atomic E-state index is 14.5. The van der Waals surface area contributed by atoms with Crippen LogP contribution in [-0.2, 0) is 32.6 Å². The van der Waals surface area contributed by atoms with Crippen LogP contribution >= 0.6 is 11.6 Å². The van der Waals surface area contributed by atoms with E-state index >= 15 is 0 Å². The first-order valence-electron chi connectivity index (χ1n) is 14.6. The summed E-state index contributed by atoms with van der Waals surface area (Å²) >= 11 is 6.30. The smallest absolute Gasteiger partial charge is 0.264 e. The van der Waals surface area contributed by atoms with Crippen LogP contribution in [0.15, 0.2) is 108 Å². The summed E-state index contributed by atoms with van der Waals surface area (Å²) in [5.41, 5.74) is 3.70. The van der Waals surface area contributed by atoms with Gasteiger partial charge in [-0.15, -0.1) is 0 Å². The molecule has 4 aromatic carbocycles. The van der Waals surface area contributed by atoms with E-state index in [2.05, 4.69) is 5.32 Å². The van der Waals surface area contributed by atoms with Gasteiger partial charge in [-0.2, -0.15) is 0 Å². The maximum Gasteiger partial charge on any atom is 0.264 e. The number of nitrogens with zero attached hydrogens (tertiary/aromatic N) is 2. The fourth-order valence-electron chi connectivity index (χ4n) is 4.90. The number of sulfonamides is 1. The van der Waals surface area contributed by atoms with Gasteiger partial charge < -0.3 is 10.2 Å². The van der Waals surface area contributed by atoms with Gasteiger partial charge in [0.15, 0.2) is 0 Å². The zero-order chi connectivity index (χ0) is 31.7. The third-order valence-electron chi connectivity index (χ3n) is 7.24. The summed E-state index contributed by atoms with van der Waals surface area (Å²) in [6.45, 7) is 5.69. The van der Waals surface area contributed by atoms with Crippen molar-refractivity contribution in [2.45, 2.75) is 51.1 Å². The predicted molar refractivity (Wildman–Crippen MR) is 176 cm³/mol. The van der Waals surface area contributed by atoms with Gasteiger partial charge in [0.05, 0.1) is 10.6 Å². The van der Waals surface area contributed by atoms with Crippen LogP contribution in [-0.4, -0.2) is 44.3 Å². The number of nitrogens with one attached hydrogen (secondary N) is 1. The van der Waals surface area contributed by atoms with Crippen molar-refractivity contribution >= 4 is 39.1 Å². The fraction of sp³-hybridized carbons (Fsp3) is 0.257. The summed E-state index contributed by atoms with van der Waals surface area (Å²) in [6, 6.07) is 29.2. The molecule has 0 aliphatic heterocycles. The Morgan fingerprint density at radius 2 is 1.50 bits per heavy atom. The molecule has 4 aromatic rings. The second kappa shape index (κ2) is 15.0. The Morgan fingerprint density at radius 1 is 0.818 bits per heavy atom. The Bertz CT molecular complexity index is 1680. The number of aryl methyl sites for hydroxylation is 2. The van der Waals surface area contributed by atoms with Gasteiger partial charge in [-0.25, -0.2) is 8.42 Å². The fourth-order valence-corrected chi connectivity index (χ4v) is 6.52. The van der Waals surface area contributed by atoms with Crippen molar-refractivity contribution in [2.75, 3.05) is 17.4 Å².